The fourth-order valence-corrected chi connectivity index (χ4v) is 3.69. The number of carbonyl (C=O) groups is 2. The summed E-state index contributed by atoms with van der Waals surface area (Å²) < 4.78 is 1.36. The lowest BCUT2D eigenvalue weighted by molar-refractivity contribution is -0.672. The van der Waals surface area contributed by atoms with Crippen molar-refractivity contribution < 1.29 is 14.4 Å². The number of nitrogens with zero attached hydrogens (tertiary/aromatic N) is 7. The zero-order valence-corrected chi connectivity index (χ0v) is 15.2. The van der Waals surface area contributed by atoms with Gasteiger partial charge in [-0.1, -0.05) is 6.07 Å². The van der Waals surface area contributed by atoms with Crippen molar-refractivity contribution in [3.63, 3.8) is 0 Å². The highest BCUT2D eigenvalue weighted by molar-refractivity contribution is 6.22. The van der Waals surface area contributed by atoms with E-state index in [-0.39, 0.29) is 22.0 Å². The standard InChI is InChI=1S/C18H19N7O3/c26-14-11-13(22-9-10-22)18(27)17-16(14)24(20-25(17)28)12-21-5-7-23(8-6-21)15-3-1-2-4-19-15/h1-4,11H,5-10,12H2. The zero-order chi connectivity index (χ0) is 19.3. The summed E-state index contributed by atoms with van der Waals surface area (Å²) in [5, 5.41) is 16.1. The molecule has 1 aliphatic carbocycles. The summed E-state index contributed by atoms with van der Waals surface area (Å²) in [5.41, 5.74) is 0.213. The molecule has 2 fully saturated rings. The van der Waals surface area contributed by atoms with Crippen molar-refractivity contribution in [1.29, 1.82) is 0 Å². The van der Waals surface area contributed by atoms with Gasteiger partial charge in [0, 0.05) is 51.5 Å². The molecule has 0 radical (unpaired) electrons. The van der Waals surface area contributed by atoms with Crippen molar-refractivity contribution in [1.82, 2.24) is 24.7 Å². The highest BCUT2D eigenvalue weighted by Crippen LogP contribution is 2.25. The molecule has 28 heavy (non-hydrogen) atoms. The molecular weight excluding hydrogens is 362 g/mol. The van der Waals surface area contributed by atoms with Gasteiger partial charge in [0.25, 0.3) is 17.2 Å². The Bertz CT molecular complexity index is 973. The minimum absolute atomic E-state index is 0.0813. The normalized spacial score (nSPS) is 19.6. The second-order valence-corrected chi connectivity index (χ2v) is 7.10. The van der Waals surface area contributed by atoms with Gasteiger partial charge >= 0.3 is 0 Å². The lowest BCUT2D eigenvalue weighted by atomic mass is 10.0. The molecule has 0 amide bonds. The summed E-state index contributed by atoms with van der Waals surface area (Å²) in [5.74, 6) is 0.170. The van der Waals surface area contributed by atoms with Gasteiger partial charge < -0.3 is 15.0 Å². The molecule has 4 heterocycles. The summed E-state index contributed by atoms with van der Waals surface area (Å²) in [4.78, 5) is 35.9. The molecule has 10 nitrogen and oxygen atoms in total. The van der Waals surface area contributed by atoms with Crippen LogP contribution in [0.3, 0.4) is 0 Å². The third kappa shape index (κ3) is 2.82. The van der Waals surface area contributed by atoms with E-state index < -0.39 is 5.78 Å². The van der Waals surface area contributed by atoms with Crippen LogP contribution < -0.4 is 9.75 Å². The SMILES string of the molecule is O=C1C=C(N2CC2)C(=O)c2c1n(CN1CCN(c3ccccn3)CC1)n[n+]2[O-]. The molecule has 2 aromatic rings. The van der Waals surface area contributed by atoms with E-state index in [2.05, 4.69) is 20.0 Å². The predicted octanol–water partition coefficient (Wildman–Crippen LogP) is -0.730. The maximum absolute atomic E-state index is 12.6. The highest BCUT2D eigenvalue weighted by atomic mass is 16.5. The summed E-state index contributed by atoms with van der Waals surface area (Å²) in [7, 11) is 0. The molecule has 0 spiro atoms. The maximum Gasteiger partial charge on any atom is 0.256 e. The van der Waals surface area contributed by atoms with E-state index in [1.54, 1.807) is 11.1 Å². The van der Waals surface area contributed by atoms with Crippen molar-refractivity contribution in [2.45, 2.75) is 6.67 Å². The lowest BCUT2D eigenvalue weighted by Gasteiger charge is -2.34. The first-order valence-electron chi connectivity index (χ1n) is 9.26. The number of anilines is 1. The molecule has 0 bridgehead atoms. The summed E-state index contributed by atoms with van der Waals surface area (Å²) in [6.07, 6.45) is 3.10. The number of allylic oxidation sites excluding steroid dienone is 2. The maximum atomic E-state index is 12.6. The van der Waals surface area contributed by atoms with Crippen LogP contribution in [-0.4, -0.2) is 75.5 Å². The number of piperazine rings is 1. The number of hydrogen-bond acceptors (Lipinski definition) is 8. The monoisotopic (exact) mass is 381 g/mol. The Morgan fingerprint density at radius 3 is 2.46 bits per heavy atom. The fourth-order valence-electron chi connectivity index (χ4n) is 3.69. The van der Waals surface area contributed by atoms with Gasteiger partial charge in [0.05, 0.1) is 10.9 Å². The van der Waals surface area contributed by atoms with Crippen LogP contribution in [0.25, 0.3) is 0 Å². The molecule has 3 aliphatic rings. The Labute approximate surface area is 160 Å². The average Bonchev–Trinajstić information content (AvgIpc) is 3.50. The largest absolute Gasteiger partial charge is 0.691 e. The van der Waals surface area contributed by atoms with Gasteiger partial charge in [-0.15, -0.1) is 9.53 Å². The van der Waals surface area contributed by atoms with Gasteiger partial charge in [-0.25, -0.2) is 4.98 Å². The Hall–Kier alpha value is -3.27. The van der Waals surface area contributed by atoms with E-state index in [1.165, 1.54) is 10.8 Å². The highest BCUT2D eigenvalue weighted by Gasteiger charge is 2.42. The molecule has 2 saturated heterocycles. The quantitative estimate of drug-likeness (QED) is 0.388. The van der Waals surface area contributed by atoms with Crippen LogP contribution >= 0.6 is 0 Å². The number of fused-ring (bicyclic) bond motifs is 1. The molecule has 0 aromatic carbocycles. The Morgan fingerprint density at radius 1 is 1.04 bits per heavy atom. The summed E-state index contributed by atoms with van der Waals surface area (Å²) in [6, 6.07) is 5.82. The van der Waals surface area contributed by atoms with Crippen LogP contribution in [0.2, 0.25) is 0 Å². The Kier molecular flexibility index (Phi) is 3.86. The van der Waals surface area contributed by atoms with E-state index in [9.17, 15) is 14.8 Å². The van der Waals surface area contributed by atoms with Crippen molar-refractivity contribution >= 4 is 17.4 Å². The van der Waals surface area contributed by atoms with E-state index in [0.717, 1.165) is 45.1 Å². The van der Waals surface area contributed by atoms with Crippen molar-refractivity contribution in [2.75, 3.05) is 44.2 Å². The van der Waals surface area contributed by atoms with Crippen LogP contribution in [0.5, 0.6) is 0 Å². The van der Waals surface area contributed by atoms with Gasteiger partial charge in [0.2, 0.25) is 5.78 Å². The Balaban J connectivity index is 1.32. The third-order valence-electron chi connectivity index (χ3n) is 5.28. The van der Waals surface area contributed by atoms with Gasteiger partial charge in [-0.3, -0.25) is 14.5 Å². The number of aromatic nitrogens is 4. The smallest absolute Gasteiger partial charge is 0.256 e. The molecular formula is C18H19N7O3. The minimum atomic E-state index is -0.423. The lowest BCUT2D eigenvalue weighted by Crippen LogP contribution is -2.47. The van der Waals surface area contributed by atoms with E-state index in [0.29, 0.717) is 12.4 Å². The van der Waals surface area contributed by atoms with Gasteiger partial charge in [0.1, 0.15) is 5.82 Å². The van der Waals surface area contributed by atoms with Gasteiger partial charge in [-0.2, -0.15) is 0 Å². The first-order chi connectivity index (χ1) is 13.6. The topological polar surface area (TPSA) is 101 Å². The molecule has 0 saturated carbocycles. The van der Waals surface area contributed by atoms with Crippen LogP contribution in [0.4, 0.5) is 5.82 Å². The number of Topliss-reactive ketones (excluding diaryl/α,β-unsaturated/α-hetero) is 1. The third-order valence-corrected chi connectivity index (χ3v) is 5.28. The molecule has 2 aromatic heterocycles. The molecule has 2 aliphatic heterocycles. The van der Waals surface area contributed by atoms with Crippen LogP contribution in [-0.2, 0) is 6.67 Å². The Morgan fingerprint density at radius 2 is 1.79 bits per heavy atom. The zero-order valence-electron chi connectivity index (χ0n) is 15.2. The van der Waals surface area contributed by atoms with Gasteiger partial charge in [-0.05, 0) is 12.1 Å². The van der Waals surface area contributed by atoms with Crippen molar-refractivity contribution in [3.05, 3.63) is 52.8 Å². The summed E-state index contributed by atoms with van der Waals surface area (Å²) >= 11 is 0. The number of hydrogen-bond donors (Lipinski definition) is 0. The molecule has 0 unspecified atom stereocenters. The number of carbonyl (C=O) groups excluding carboxylic acids is 2. The molecule has 0 atom stereocenters. The van der Waals surface area contributed by atoms with E-state index in [4.69, 9.17) is 0 Å². The second-order valence-electron chi connectivity index (χ2n) is 7.10. The molecule has 0 N–H and O–H groups in total. The number of rotatable bonds is 4. The van der Waals surface area contributed by atoms with Gasteiger partial charge in [0.15, 0.2) is 6.67 Å². The van der Waals surface area contributed by atoms with Crippen LogP contribution in [0.1, 0.15) is 21.0 Å². The van der Waals surface area contributed by atoms with E-state index in [1.807, 2.05) is 18.2 Å². The average molecular weight is 381 g/mol. The minimum Gasteiger partial charge on any atom is -0.691 e. The van der Waals surface area contributed by atoms with Crippen LogP contribution in [0.15, 0.2) is 36.2 Å². The fraction of sp³-hybridized carbons (Fsp3) is 0.389. The van der Waals surface area contributed by atoms with E-state index >= 15 is 0 Å². The molecule has 10 heteroatoms. The second kappa shape index (κ2) is 6.41. The van der Waals surface area contributed by atoms with Crippen molar-refractivity contribution in [2.24, 2.45) is 0 Å². The number of pyridine rings is 1. The van der Waals surface area contributed by atoms with Crippen LogP contribution in [0, 0.1) is 5.21 Å². The molecule has 5 rings (SSSR count). The first-order valence-corrected chi connectivity index (χ1v) is 9.26. The van der Waals surface area contributed by atoms with Crippen molar-refractivity contribution in [3.8, 4) is 0 Å². The number of ketones is 2. The predicted molar refractivity (Wildman–Crippen MR) is 97.5 cm³/mol. The summed E-state index contributed by atoms with van der Waals surface area (Å²) in [6.45, 7) is 4.79. The first kappa shape index (κ1) is 16.9. The molecule has 144 valence electrons.